The molecule has 0 aliphatic carbocycles. The minimum absolute atomic E-state index is 0.715. The number of aryl methyl sites for hydroxylation is 5. The smallest absolute Gasteiger partial charge is 0.163 e. The van der Waals surface area contributed by atoms with Gasteiger partial charge in [0, 0.05) is 55.7 Å². The molecular formula is C87H66N8. The summed E-state index contributed by atoms with van der Waals surface area (Å²) >= 11 is 0. The molecule has 0 saturated carbocycles. The molecule has 0 fully saturated rings. The van der Waals surface area contributed by atoms with Gasteiger partial charge in [-0.25, -0.2) is 29.9 Å². The Hall–Kier alpha value is -12.3. The molecule has 0 bridgehead atoms. The fourth-order valence-corrected chi connectivity index (χ4v) is 12.6. The molecule has 0 saturated heterocycles. The van der Waals surface area contributed by atoms with Crippen LogP contribution in [-0.2, 0) is 0 Å². The predicted octanol–water partition coefficient (Wildman–Crippen LogP) is 22.2. The standard InChI is InChI=1S/C19H14.C18H13N.C17H12N2.C17H14N2.C16H13N3/c1-13-10-11-18-16-8-3-2-6-14(16)15-7-4-5-9-17(15)19(18)12-13;1-12-10-11-17-15-8-3-2-6-13(15)14-7-4-5-9-16(14)18(17)19-12;1-11-10-18-16-14-8-4-2-6-12(14)13-7-3-5-9-15(13)17(16)19-11;1-13-18-16(14-8-4-2-5-9-14)12-17(19-13)15-10-6-3-7-11-15;1-12-17-15(13-8-4-2-5-9-13)19-16(18-12)14-10-6-3-7-11-14/h2-12H,1H3;2-11H,1H3;2-10H,1H3;2-12H,1H3;2-11H,1H3. The van der Waals surface area contributed by atoms with Crippen molar-refractivity contribution in [3.05, 3.63) is 338 Å². The van der Waals surface area contributed by atoms with Crippen molar-refractivity contribution < 1.29 is 0 Å². The van der Waals surface area contributed by atoms with Crippen molar-refractivity contribution in [1.29, 1.82) is 0 Å². The number of rotatable bonds is 4. The quantitative estimate of drug-likeness (QED) is 0.161. The van der Waals surface area contributed by atoms with Crippen LogP contribution in [0.5, 0.6) is 0 Å². The average Bonchev–Trinajstić information content (AvgIpc) is 0.772. The van der Waals surface area contributed by atoms with E-state index in [4.69, 9.17) is 9.97 Å². The van der Waals surface area contributed by atoms with Crippen molar-refractivity contribution >= 4 is 97.3 Å². The van der Waals surface area contributed by atoms with E-state index in [2.05, 4.69) is 237 Å². The van der Waals surface area contributed by atoms with Crippen LogP contribution in [0.25, 0.3) is 143 Å². The van der Waals surface area contributed by atoms with Gasteiger partial charge in [0.1, 0.15) is 11.6 Å². The molecule has 0 N–H and O–H groups in total. The van der Waals surface area contributed by atoms with Gasteiger partial charge in [-0.05, 0) is 106 Å². The van der Waals surface area contributed by atoms with E-state index >= 15 is 0 Å². The van der Waals surface area contributed by atoms with Crippen molar-refractivity contribution in [2.75, 3.05) is 0 Å². The molecule has 0 unspecified atom stereocenters. The number of benzene rings is 14. The monoisotopic (exact) mass is 1220 g/mol. The Kier molecular flexibility index (Phi) is 17.3. The van der Waals surface area contributed by atoms with Gasteiger partial charge < -0.3 is 0 Å². The molecule has 18 rings (SSSR count). The fourth-order valence-electron chi connectivity index (χ4n) is 12.6. The Bertz CT molecular complexity index is 5070. The van der Waals surface area contributed by atoms with E-state index < -0.39 is 0 Å². The maximum absolute atomic E-state index is 4.75. The minimum Gasteiger partial charge on any atom is -0.252 e. The molecule has 4 heterocycles. The zero-order valence-corrected chi connectivity index (χ0v) is 53.5. The van der Waals surface area contributed by atoms with E-state index in [-0.39, 0.29) is 0 Å². The second kappa shape index (κ2) is 27.3. The molecule has 95 heavy (non-hydrogen) atoms. The number of fused-ring (bicyclic) bond motifs is 18. The number of pyridine rings is 1. The average molecular weight is 1220 g/mol. The predicted molar refractivity (Wildman–Crippen MR) is 398 cm³/mol. The molecule has 0 spiro atoms. The van der Waals surface area contributed by atoms with Crippen LogP contribution < -0.4 is 0 Å². The Morgan fingerprint density at radius 3 is 0.937 bits per heavy atom. The lowest BCUT2D eigenvalue weighted by molar-refractivity contribution is 0.992. The second-order valence-corrected chi connectivity index (χ2v) is 23.6. The number of hydrogen-bond acceptors (Lipinski definition) is 8. The van der Waals surface area contributed by atoms with Gasteiger partial charge in [-0.2, -0.15) is 0 Å². The highest BCUT2D eigenvalue weighted by molar-refractivity contribution is 6.26. The Balaban J connectivity index is 0.000000102. The molecule has 8 nitrogen and oxygen atoms in total. The maximum atomic E-state index is 4.75. The van der Waals surface area contributed by atoms with E-state index in [0.29, 0.717) is 11.6 Å². The van der Waals surface area contributed by atoms with Crippen molar-refractivity contribution in [3.8, 4) is 45.3 Å². The Labute approximate surface area is 552 Å². The molecule has 18 aromatic rings. The first-order chi connectivity index (χ1) is 46.7. The summed E-state index contributed by atoms with van der Waals surface area (Å²) in [6.07, 6.45) is 1.84. The zero-order chi connectivity index (χ0) is 64.6. The van der Waals surface area contributed by atoms with Crippen molar-refractivity contribution in [2.24, 2.45) is 0 Å². The molecule has 454 valence electrons. The van der Waals surface area contributed by atoms with Crippen LogP contribution in [0, 0.1) is 34.6 Å². The van der Waals surface area contributed by atoms with Crippen LogP contribution in [0.4, 0.5) is 0 Å². The molecule has 8 heteroatoms. The fraction of sp³-hybridized carbons (Fsp3) is 0.0575. The van der Waals surface area contributed by atoms with Gasteiger partial charge in [0.25, 0.3) is 0 Å². The zero-order valence-electron chi connectivity index (χ0n) is 53.5. The highest BCUT2D eigenvalue weighted by atomic mass is 15.0. The third-order valence-corrected chi connectivity index (χ3v) is 17.0. The van der Waals surface area contributed by atoms with Gasteiger partial charge in [0.15, 0.2) is 11.6 Å². The van der Waals surface area contributed by atoms with Gasteiger partial charge in [0.2, 0.25) is 0 Å². The SMILES string of the molecule is Cc1ccc2c3ccccc3c3ccccc3c2c1.Cc1ccc2c3ccccc3c3ccccc3c2n1.Cc1cnc2c3ccccc3c3ccccc3c2n1.Cc1nc(-c2ccccc2)cc(-c2ccccc2)n1.Cc1nc(-c2ccccc2)nc(-c2ccccc2)n1. The molecule has 0 amide bonds. The molecule has 4 aromatic heterocycles. The first-order valence-electron chi connectivity index (χ1n) is 32.0. The maximum Gasteiger partial charge on any atom is 0.163 e. The van der Waals surface area contributed by atoms with Crippen molar-refractivity contribution in [1.82, 2.24) is 39.9 Å². The first kappa shape index (κ1) is 60.3. The van der Waals surface area contributed by atoms with Crippen LogP contribution in [0.3, 0.4) is 0 Å². The third-order valence-electron chi connectivity index (χ3n) is 17.0. The van der Waals surface area contributed by atoms with Crippen LogP contribution in [0.2, 0.25) is 0 Å². The van der Waals surface area contributed by atoms with Gasteiger partial charge in [-0.15, -0.1) is 0 Å². The normalized spacial score (nSPS) is 11.0. The van der Waals surface area contributed by atoms with E-state index in [1.807, 2.05) is 137 Å². The van der Waals surface area contributed by atoms with Crippen molar-refractivity contribution in [2.45, 2.75) is 34.6 Å². The molecule has 0 radical (unpaired) electrons. The van der Waals surface area contributed by atoms with Crippen LogP contribution in [-0.4, -0.2) is 39.9 Å². The van der Waals surface area contributed by atoms with E-state index in [1.165, 1.54) is 86.4 Å². The Morgan fingerprint density at radius 1 is 0.200 bits per heavy atom. The van der Waals surface area contributed by atoms with Crippen LogP contribution >= 0.6 is 0 Å². The van der Waals surface area contributed by atoms with Gasteiger partial charge in [-0.1, -0.05) is 297 Å². The lowest BCUT2D eigenvalue weighted by Gasteiger charge is -2.10. The third kappa shape index (κ3) is 12.9. The first-order valence-corrected chi connectivity index (χ1v) is 32.0. The molecule has 14 aromatic carbocycles. The number of aromatic nitrogens is 8. The summed E-state index contributed by atoms with van der Waals surface area (Å²) in [6, 6.07) is 105. The lowest BCUT2D eigenvalue weighted by Crippen LogP contribution is -1.99. The Morgan fingerprint density at radius 2 is 0.505 bits per heavy atom. The summed E-state index contributed by atoms with van der Waals surface area (Å²) in [4.78, 5) is 36.4. The topological polar surface area (TPSA) is 103 Å². The van der Waals surface area contributed by atoms with Crippen molar-refractivity contribution in [3.63, 3.8) is 0 Å². The summed E-state index contributed by atoms with van der Waals surface area (Å²) in [5.41, 5.74) is 12.6. The van der Waals surface area contributed by atoms with Crippen LogP contribution in [0.15, 0.2) is 310 Å². The van der Waals surface area contributed by atoms with E-state index in [0.717, 1.165) is 73.2 Å². The van der Waals surface area contributed by atoms with Gasteiger partial charge in [0.05, 0.1) is 33.6 Å². The molecular weight excluding hydrogens is 1160 g/mol. The largest absolute Gasteiger partial charge is 0.252 e. The minimum atomic E-state index is 0.715. The molecule has 0 atom stereocenters. The summed E-state index contributed by atoms with van der Waals surface area (Å²) in [5.74, 6) is 2.95. The highest BCUT2D eigenvalue weighted by Crippen LogP contribution is 2.37. The highest BCUT2D eigenvalue weighted by Gasteiger charge is 2.14. The van der Waals surface area contributed by atoms with Gasteiger partial charge >= 0.3 is 0 Å². The van der Waals surface area contributed by atoms with Gasteiger partial charge in [-0.3, -0.25) is 9.97 Å². The summed E-state index contributed by atoms with van der Waals surface area (Å²) in [7, 11) is 0. The lowest BCUT2D eigenvalue weighted by atomic mass is 9.93. The number of nitrogens with zero attached hydrogens (tertiary/aromatic N) is 8. The second-order valence-electron chi connectivity index (χ2n) is 23.6. The van der Waals surface area contributed by atoms with E-state index in [1.54, 1.807) is 0 Å². The molecule has 0 aliphatic rings. The summed E-state index contributed by atoms with van der Waals surface area (Å²) < 4.78 is 0. The summed E-state index contributed by atoms with van der Waals surface area (Å²) in [5, 5.41) is 19.2. The molecule has 0 aliphatic heterocycles. The van der Waals surface area contributed by atoms with E-state index in [9.17, 15) is 0 Å². The van der Waals surface area contributed by atoms with Crippen LogP contribution in [0.1, 0.15) is 28.6 Å². The number of hydrogen-bond donors (Lipinski definition) is 0. The summed E-state index contributed by atoms with van der Waals surface area (Å²) in [6.45, 7) is 10.0.